The predicted molar refractivity (Wildman–Crippen MR) is 94.7 cm³/mol. The van der Waals surface area contributed by atoms with Crippen LogP contribution in [0.1, 0.15) is 52.4 Å². The van der Waals surface area contributed by atoms with Crippen molar-refractivity contribution in [3.63, 3.8) is 0 Å². The number of halogens is 7. The van der Waals surface area contributed by atoms with Gasteiger partial charge in [-0.15, -0.1) is 0 Å². The van der Waals surface area contributed by atoms with Crippen molar-refractivity contribution in [2.45, 2.75) is 76.4 Å². The molecule has 0 aromatic heterocycles. The first-order chi connectivity index (χ1) is 15.1. The molecule has 1 atom stereocenters. The highest BCUT2D eigenvalue weighted by Crippen LogP contribution is 2.61. The molecule has 0 saturated heterocycles. The van der Waals surface area contributed by atoms with E-state index in [0.29, 0.717) is 0 Å². The molecule has 4 rings (SSSR count). The van der Waals surface area contributed by atoms with Crippen LogP contribution in [0.2, 0.25) is 0 Å². The van der Waals surface area contributed by atoms with E-state index >= 15 is 0 Å². The third kappa shape index (κ3) is 4.80. The van der Waals surface area contributed by atoms with Crippen molar-refractivity contribution in [3.05, 3.63) is 0 Å². The second-order valence-corrected chi connectivity index (χ2v) is 9.23. The van der Waals surface area contributed by atoms with Gasteiger partial charge in [0.05, 0.1) is 12.0 Å². The number of carbonyl (C=O) groups excluding carboxylic acids is 2. The van der Waals surface area contributed by atoms with E-state index in [9.17, 15) is 40.3 Å². The molecule has 13 heteroatoms. The molecule has 0 spiro atoms. The molecule has 6 nitrogen and oxygen atoms in total. The monoisotopic (exact) mass is 494 g/mol. The number of alkyl halides is 7. The van der Waals surface area contributed by atoms with E-state index < -0.39 is 54.7 Å². The molecule has 4 aliphatic rings. The van der Waals surface area contributed by atoms with Crippen molar-refractivity contribution >= 4 is 11.9 Å². The third-order valence-corrected chi connectivity index (χ3v) is 6.64. The lowest BCUT2D eigenvalue weighted by Crippen LogP contribution is -2.61. The second kappa shape index (κ2) is 8.54. The molecule has 0 amide bonds. The normalized spacial score (nSPS) is 31.2. The average Bonchev–Trinajstić information content (AvgIpc) is 2.64. The fourth-order valence-electron chi connectivity index (χ4n) is 5.52. The first kappa shape index (κ1) is 26.0. The Hall–Kier alpha value is -1.63. The van der Waals surface area contributed by atoms with Crippen LogP contribution >= 0.6 is 0 Å². The number of ether oxygens (including phenoxy) is 4. The Morgan fingerprint density at radius 2 is 1.36 bits per heavy atom. The quantitative estimate of drug-likeness (QED) is 0.261. The largest absolute Gasteiger partial charge is 0.468 e. The van der Waals surface area contributed by atoms with Crippen LogP contribution in [0.4, 0.5) is 30.7 Å². The minimum Gasteiger partial charge on any atom is -0.461 e. The topological polar surface area (TPSA) is 71.1 Å². The Morgan fingerprint density at radius 1 is 0.879 bits per heavy atom. The Labute approximate surface area is 185 Å². The zero-order valence-corrected chi connectivity index (χ0v) is 18.0. The fourth-order valence-corrected chi connectivity index (χ4v) is 5.52. The van der Waals surface area contributed by atoms with E-state index in [1.807, 2.05) is 0 Å². The molecular formula is C20H25F7O6. The van der Waals surface area contributed by atoms with Crippen LogP contribution in [0.25, 0.3) is 0 Å². The van der Waals surface area contributed by atoms with E-state index in [-0.39, 0.29) is 43.9 Å². The summed E-state index contributed by atoms with van der Waals surface area (Å²) >= 11 is 0. The molecule has 4 saturated carbocycles. The van der Waals surface area contributed by atoms with Crippen molar-refractivity contribution in [3.8, 4) is 0 Å². The van der Waals surface area contributed by atoms with Gasteiger partial charge in [-0.3, -0.25) is 14.3 Å². The molecule has 4 aliphatic carbocycles. The van der Waals surface area contributed by atoms with Gasteiger partial charge >= 0.3 is 35.9 Å². The number of hydrogen-bond donors (Lipinski definition) is 0. The van der Waals surface area contributed by atoms with E-state index in [1.165, 1.54) is 0 Å². The smallest absolute Gasteiger partial charge is 0.461 e. The zero-order valence-electron chi connectivity index (χ0n) is 18.0. The van der Waals surface area contributed by atoms with Crippen LogP contribution in [0, 0.1) is 23.2 Å². The van der Waals surface area contributed by atoms with Crippen LogP contribution < -0.4 is 0 Å². The summed E-state index contributed by atoms with van der Waals surface area (Å²) in [7, 11) is 0. The maximum absolute atomic E-state index is 14.0. The fraction of sp³-hybridized carbons (Fsp3) is 0.900. The first-order valence-electron chi connectivity index (χ1n) is 10.6. The standard InChI is InChI=1S/C20H25F7O6/c1-3-30-15(29)18(19(23,24)25,31-10-32-20(26,27)16(2,21)22)33-14(28)17-7-11-4-12(8-17)6-13(5-11)9-17/h11-13H,3-10H2,1-2H3. The lowest BCUT2D eigenvalue weighted by Gasteiger charge is -2.55. The van der Waals surface area contributed by atoms with Gasteiger partial charge in [0.25, 0.3) is 0 Å². The Bertz CT molecular complexity index is 728. The summed E-state index contributed by atoms with van der Waals surface area (Å²) in [6.07, 6.45) is -7.66. The van der Waals surface area contributed by atoms with Gasteiger partial charge in [0, 0.05) is 6.92 Å². The Kier molecular flexibility index (Phi) is 6.73. The summed E-state index contributed by atoms with van der Waals surface area (Å²) in [6, 6.07) is 0. The van der Waals surface area contributed by atoms with Crippen molar-refractivity contribution in [2.75, 3.05) is 13.4 Å². The summed E-state index contributed by atoms with van der Waals surface area (Å²) in [5, 5.41) is 0. The molecule has 4 fully saturated rings. The van der Waals surface area contributed by atoms with Gasteiger partial charge in [-0.1, -0.05) is 0 Å². The molecule has 0 aliphatic heterocycles. The molecule has 190 valence electrons. The highest BCUT2D eigenvalue weighted by atomic mass is 19.4. The van der Waals surface area contributed by atoms with Crippen molar-refractivity contribution in [1.29, 1.82) is 0 Å². The molecular weight excluding hydrogens is 469 g/mol. The summed E-state index contributed by atoms with van der Waals surface area (Å²) in [5.74, 6) is -12.4. The van der Waals surface area contributed by atoms with Crippen LogP contribution in [-0.4, -0.2) is 49.3 Å². The molecule has 0 radical (unpaired) electrons. The van der Waals surface area contributed by atoms with E-state index in [2.05, 4.69) is 18.9 Å². The highest BCUT2D eigenvalue weighted by Gasteiger charge is 2.70. The SMILES string of the molecule is CCOC(=O)C(OCOC(F)(F)C(C)(F)F)(OC(=O)C12CC3CC(CC(C3)C1)C2)C(F)(F)F. The predicted octanol–water partition coefficient (Wildman–Crippen LogP) is 4.81. The van der Waals surface area contributed by atoms with Gasteiger partial charge in [-0.05, 0) is 63.2 Å². The minimum absolute atomic E-state index is 0.126. The molecule has 1 unspecified atom stereocenters. The van der Waals surface area contributed by atoms with Gasteiger partial charge in [0.1, 0.15) is 0 Å². The average molecular weight is 494 g/mol. The summed E-state index contributed by atoms with van der Waals surface area (Å²) in [4.78, 5) is 25.4. The Morgan fingerprint density at radius 3 is 1.76 bits per heavy atom. The van der Waals surface area contributed by atoms with Crippen LogP contribution in [0.5, 0.6) is 0 Å². The molecule has 0 aromatic carbocycles. The number of esters is 2. The van der Waals surface area contributed by atoms with Gasteiger partial charge in [-0.25, -0.2) is 4.79 Å². The van der Waals surface area contributed by atoms with Crippen molar-refractivity contribution in [1.82, 2.24) is 0 Å². The maximum Gasteiger partial charge on any atom is 0.468 e. The van der Waals surface area contributed by atoms with Gasteiger partial charge < -0.3 is 9.47 Å². The van der Waals surface area contributed by atoms with E-state index in [4.69, 9.17) is 0 Å². The molecule has 0 heterocycles. The van der Waals surface area contributed by atoms with E-state index in [0.717, 1.165) is 26.2 Å². The number of hydrogen-bond acceptors (Lipinski definition) is 6. The number of rotatable bonds is 9. The second-order valence-electron chi connectivity index (χ2n) is 9.23. The highest BCUT2D eigenvalue weighted by molar-refractivity contribution is 5.85. The lowest BCUT2D eigenvalue weighted by molar-refractivity contribution is -0.410. The van der Waals surface area contributed by atoms with Gasteiger partial charge in [0.15, 0.2) is 6.79 Å². The van der Waals surface area contributed by atoms with Gasteiger partial charge in [-0.2, -0.15) is 30.7 Å². The Balaban J connectivity index is 1.86. The van der Waals surface area contributed by atoms with Crippen molar-refractivity contribution in [2.24, 2.45) is 23.2 Å². The molecule has 4 bridgehead atoms. The lowest BCUT2D eigenvalue weighted by atomic mass is 9.49. The van der Waals surface area contributed by atoms with Gasteiger partial charge in [0.2, 0.25) is 0 Å². The maximum atomic E-state index is 14.0. The van der Waals surface area contributed by atoms with E-state index in [1.54, 1.807) is 0 Å². The first-order valence-corrected chi connectivity index (χ1v) is 10.6. The third-order valence-electron chi connectivity index (χ3n) is 6.64. The summed E-state index contributed by atoms with van der Waals surface area (Å²) < 4.78 is 111. The number of carbonyl (C=O) groups is 2. The van der Waals surface area contributed by atoms with Crippen LogP contribution in [0.3, 0.4) is 0 Å². The van der Waals surface area contributed by atoms with Crippen LogP contribution in [0.15, 0.2) is 0 Å². The molecule has 0 N–H and O–H groups in total. The molecule has 33 heavy (non-hydrogen) atoms. The van der Waals surface area contributed by atoms with Crippen molar-refractivity contribution < 1.29 is 59.3 Å². The summed E-state index contributed by atoms with van der Waals surface area (Å²) in [5.41, 5.74) is -1.28. The van der Waals surface area contributed by atoms with Crippen LogP contribution in [-0.2, 0) is 28.5 Å². The minimum atomic E-state index is -5.79. The summed E-state index contributed by atoms with van der Waals surface area (Å²) in [6.45, 7) is -1.80. The zero-order chi connectivity index (χ0) is 24.9. The molecule has 0 aromatic rings.